The van der Waals surface area contributed by atoms with Gasteiger partial charge < -0.3 is 10.5 Å². The molecule has 0 atom stereocenters. The van der Waals surface area contributed by atoms with Crippen molar-refractivity contribution in [2.75, 3.05) is 18.6 Å². The molecule has 3 rings (SSSR count). The van der Waals surface area contributed by atoms with Gasteiger partial charge in [0, 0.05) is 36.3 Å². The van der Waals surface area contributed by atoms with Crippen molar-refractivity contribution in [3.8, 4) is 11.1 Å². The second-order valence-corrected chi connectivity index (χ2v) is 5.21. The van der Waals surface area contributed by atoms with Crippen LogP contribution >= 0.6 is 0 Å². The number of pyridine rings is 2. The molecule has 0 aromatic carbocycles. The molecule has 0 spiro atoms. The van der Waals surface area contributed by atoms with Gasteiger partial charge in [-0.1, -0.05) is 0 Å². The van der Waals surface area contributed by atoms with E-state index in [0.717, 1.165) is 24.0 Å². The predicted octanol–water partition coefficient (Wildman–Crippen LogP) is 1.76. The number of hydrogen-bond acceptors (Lipinski definition) is 5. The highest BCUT2D eigenvalue weighted by Crippen LogP contribution is 2.30. The summed E-state index contributed by atoms with van der Waals surface area (Å²) in [6.07, 6.45) is 6.37. The van der Waals surface area contributed by atoms with Gasteiger partial charge in [0.05, 0.1) is 12.7 Å². The standard InChI is InChI=1S/C16H16N4O3/c1-23-15(21)12-4-5-18-9-13(12)11-7-10-3-2-6-20(16(17)22)14(10)19-8-11/h4-5,7-9H,2-3,6H2,1H3,(H2,17,22). The summed E-state index contributed by atoms with van der Waals surface area (Å²) in [6, 6.07) is 3.01. The monoisotopic (exact) mass is 312 g/mol. The van der Waals surface area contributed by atoms with Crippen LogP contribution in [0.2, 0.25) is 0 Å². The van der Waals surface area contributed by atoms with Gasteiger partial charge in [-0.05, 0) is 30.5 Å². The summed E-state index contributed by atoms with van der Waals surface area (Å²) in [5, 5.41) is 0. The van der Waals surface area contributed by atoms with Gasteiger partial charge in [0.25, 0.3) is 0 Å². The van der Waals surface area contributed by atoms with E-state index in [-0.39, 0.29) is 0 Å². The fourth-order valence-electron chi connectivity index (χ4n) is 2.74. The number of hydrogen-bond donors (Lipinski definition) is 1. The average molecular weight is 312 g/mol. The smallest absolute Gasteiger partial charge is 0.338 e. The van der Waals surface area contributed by atoms with Crippen molar-refractivity contribution in [2.24, 2.45) is 5.73 Å². The van der Waals surface area contributed by atoms with E-state index in [9.17, 15) is 9.59 Å². The van der Waals surface area contributed by atoms with Crippen LogP contribution < -0.4 is 10.6 Å². The Morgan fingerprint density at radius 3 is 2.91 bits per heavy atom. The van der Waals surface area contributed by atoms with Crippen LogP contribution in [0.1, 0.15) is 22.3 Å². The number of methoxy groups -OCH3 is 1. The molecule has 1 aliphatic heterocycles. The molecule has 23 heavy (non-hydrogen) atoms. The molecular formula is C16H16N4O3. The summed E-state index contributed by atoms with van der Waals surface area (Å²) in [7, 11) is 1.34. The van der Waals surface area contributed by atoms with E-state index in [1.54, 1.807) is 18.5 Å². The van der Waals surface area contributed by atoms with Crippen LogP contribution in [0.4, 0.5) is 10.6 Å². The highest BCUT2D eigenvalue weighted by molar-refractivity contribution is 5.97. The van der Waals surface area contributed by atoms with Crippen molar-refractivity contribution in [1.29, 1.82) is 0 Å². The number of primary amides is 1. The van der Waals surface area contributed by atoms with Gasteiger partial charge in [-0.15, -0.1) is 0 Å². The fraction of sp³-hybridized carbons (Fsp3) is 0.250. The lowest BCUT2D eigenvalue weighted by molar-refractivity contribution is 0.0601. The first kappa shape index (κ1) is 15.0. The third-order valence-electron chi connectivity index (χ3n) is 3.83. The number of aryl methyl sites for hydroxylation is 1. The Labute approximate surface area is 133 Å². The van der Waals surface area contributed by atoms with Crippen LogP contribution in [0.3, 0.4) is 0 Å². The number of anilines is 1. The summed E-state index contributed by atoms with van der Waals surface area (Å²) < 4.78 is 4.80. The maximum atomic E-state index is 11.9. The number of carbonyl (C=O) groups excluding carboxylic acids is 2. The molecule has 7 heteroatoms. The first-order valence-corrected chi connectivity index (χ1v) is 7.20. The van der Waals surface area contributed by atoms with Crippen molar-refractivity contribution in [2.45, 2.75) is 12.8 Å². The van der Waals surface area contributed by atoms with E-state index in [0.29, 0.717) is 23.5 Å². The van der Waals surface area contributed by atoms with Crippen molar-refractivity contribution in [3.05, 3.63) is 41.9 Å². The number of urea groups is 1. The van der Waals surface area contributed by atoms with Crippen LogP contribution in [0.5, 0.6) is 0 Å². The van der Waals surface area contributed by atoms with Crippen molar-refractivity contribution < 1.29 is 14.3 Å². The highest BCUT2D eigenvalue weighted by atomic mass is 16.5. The van der Waals surface area contributed by atoms with Gasteiger partial charge in [-0.2, -0.15) is 0 Å². The molecule has 0 unspecified atom stereocenters. The van der Waals surface area contributed by atoms with Crippen LogP contribution in [0.15, 0.2) is 30.7 Å². The van der Waals surface area contributed by atoms with Crippen LogP contribution in [0, 0.1) is 0 Å². The van der Waals surface area contributed by atoms with E-state index >= 15 is 0 Å². The molecule has 3 heterocycles. The number of nitrogens with zero attached hydrogens (tertiary/aromatic N) is 3. The molecule has 1 aliphatic rings. The Bertz CT molecular complexity index is 776. The number of esters is 1. The maximum absolute atomic E-state index is 11.9. The first-order valence-electron chi connectivity index (χ1n) is 7.20. The topological polar surface area (TPSA) is 98.4 Å². The Hall–Kier alpha value is -2.96. The van der Waals surface area contributed by atoms with Crippen molar-refractivity contribution >= 4 is 17.8 Å². The Balaban J connectivity index is 2.07. The molecule has 2 aromatic heterocycles. The average Bonchev–Trinajstić information content (AvgIpc) is 2.59. The molecule has 7 nitrogen and oxygen atoms in total. The van der Waals surface area contributed by atoms with Gasteiger partial charge >= 0.3 is 12.0 Å². The van der Waals surface area contributed by atoms with Gasteiger partial charge in [-0.25, -0.2) is 14.6 Å². The zero-order chi connectivity index (χ0) is 16.4. The Morgan fingerprint density at radius 1 is 1.35 bits per heavy atom. The van der Waals surface area contributed by atoms with Gasteiger partial charge in [0.2, 0.25) is 0 Å². The second-order valence-electron chi connectivity index (χ2n) is 5.21. The predicted molar refractivity (Wildman–Crippen MR) is 84.1 cm³/mol. The Morgan fingerprint density at radius 2 is 2.17 bits per heavy atom. The SMILES string of the molecule is COC(=O)c1ccncc1-c1cnc2c(c1)CCCN2C(N)=O. The molecule has 0 aliphatic carbocycles. The number of fused-ring (bicyclic) bond motifs is 1. The minimum atomic E-state index is -0.511. The number of nitrogens with two attached hydrogens (primary N) is 1. The van der Waals surface area contributed by atoms with Crippen LogP contribution in [-0.4, -0.2) is 35.6 Å². The number of aromatic nitrogens is 2. The van der Waals surface area contributed by atoms with Crippen LogP contribution in [0.25, 0.3) is 11.1 Å². The first-order chi connectivity index (χ1) is 11.1. The lowest BCUT2D eigenvalue weighted by Crippen LogP contribution is -2.40. The lowest BCUT2D eigenvalue weighted by atomic mass is 9.99. The number of ether oxygens (including phenoxy) is 1. The molecule has 0 saturated carbocycles. The zero-order valence-corrected chi connectivity index (χ0v) is 12.7. The second kappa shape index (κ2) is 6.04. The summed E-state index contributed by atoms with van der Waals surface area (Å²) >= 11 is 0. The maximum Gasteiger partial charge on any atom is 0.338 e. The zero-order valence-electron chi connectivity index (χ0n) is 12.7. The molecule has 0 bridgehead atoms. The number of amides is 2. The van der Waals surface area contributed by atoms with E-state index in [4.69, 9.17) is 10.5 Å². The molecule has 0 fully saturated rings. The minimum Gasteiger partial charge on any atom is -0.465 e. The third-order valence-corrected chi connectivity index (χ3v) is 3.83. The number of carbonyl (C=O) groups is 2. The summed E-state index contributed by atoms with van der Waals surface area (Å²) in [6.45, 7) is 0.564. The van der Waals surface area contributed by atoms with Crippen molar-refractivity contribution in [3.63, 3.8) is 0 Å². The minimum absolute atomic E-state index is 0.423. The van der Waals surface area contributed by atoms with E-state index in [2.05, 4.69) is 9.97 Å². The molecule has 2 aromatic rings. The highest BCUT2D eigenvalue weighted by Gasteiger charge is 2.23. The van der Waals surface area contributed by atoms with E-state index in [1.165, 1.54) is 18.2 Å². The normalized spacial score (nSPS) is 13.3. The van der Waals surface area contributed by atoms with Crippen molar-refractivity contribution in [1.82, 2.24) is 9.97 Å². The number of rotatable bonds is 2. The quantitative estimate of drug-likeness (QED) is 0.852. The van der Waals surface area contributed by atoms with E-state index in [1.807, 2.05) is 6.07 Å². The van der Waals surface area contributed by atoms with Crippen LogP contribution in [-0.2, 0) is 11.2 Å². The Kier molecular flexibility index (Phi) is 3.92. The molecule has 0 saturated heterocycles. The summed E-state index contributed by atoms with van der Waals surface area (Å²) in [5.74, 6) is 0.148. The molecule has 0 radical (unpaired) electrons. The van der Waals surface area contributed by atoms with Gasteiger partial charge in [0.1, 0.15) is 5.82 Å². The summed E-state index contributed by atoms with van der Waals surface area (Å²) in [5.41, 5.74) is 8.13. The molecule has 2 amide bonds. The largest absolute Gasteiger partial charge is 0.465 e. The molecule has 2 N–H and O–H groups in total. The molecule has 118 valence electrons. The van der Waals surface area contributed by atoms with Gasteiger partial charge in [-0.3, -0.25) is 9.88 Å². The fourth-order valence-corrected chi connectivity index (χ4v) is 2.74. The van der Waals surface area contributed by atoms with Gasteiger partial charge in [0.15, 0.2) is 0 Å². The summed E-state index contributed by atoms with van der Waals surface area (Å²) in [4.78, 5) is 33.3. The van der Waals surface area contributed by atoms with E-state index < -0.39 is 12.0 Å². The lowest BCUT2D eigenvalue weighted by Gasteiger charge is -2.27. The third kappa shape index (κ3) is 2.73. The molecular weight excluding hydrogens is 296 g/mol.